The number of anilines is 1. The van der Waals surface area contributed by atoms with Crippen LogP contribution >= 0.6 is 0 Å². The number of hydrogen-bond acceptors (Lipinski definition) is 3. The summed E-state index contributed by atoms with van der Waals surface area (Å²) in [7, 11) is -3.36. The molecule has 19 heavy (non-hydrogen) atoms. The molecule has 1 heterocycles. The topological polar surface area (TPSA) is 59.1 Å². The molecule has 0 aliphatic carbocycles. The molecule has 1 N–H and O–H groups in total. The van der Waals surface area contributed by atoms with Gasteiger partial charge in [-0.2, -0.15) is 0 Å². The van der Waals surface area contributed by atoms with Crippen LogP contribution in [0.2, 0.25) is 0 Å². The summed E-state index contributed by atoms with van der Waals surface area (Å²) in [4.78, 5) is 3.97. The summed E-state index contributed by atoms with van der Waals surface area (Å²) in [5.74, 6) is -0.360. The van der Waals surface area contributed by atoms with E-state index in [1.54, 1.807) is 31.3 Å². The van der Waals surface area contributed by atoms with Crippen LogP contribution in [0.1, 0.15) is 6.92 Å². The van der Waals surface area contributed by atoms with Gasteiger partial charge in [0.15, 0.2) is 0 Å². The van der Waals surface area contributed by atoms with Gasteiger partial charge < -0.3 is 0 Å². The van der Waals surface area contributed by atoms with Crippen LogP contribution < -0.4 is 4.72 Å². The van der Waals surface area contributed by atoms with E-state index in [1.807, 2.05) is 0 Å². The number of sulfonamides is 1. The predicted molar refractivity (Wildman–Crippen MR) is 72.7 cm³/mol. The molecular weight excluding hydrogens is 267 g/mol. The van der Waals surface area contributed by atoms with Crippen molar-refractivity contribution in [3.05, 3.63) is 48.5 Å². The van der Waals surface area contributed by atoms with Crippen molar-refractivity contribution in [3.8, 4) is 11.1 Å². The summed E-state index contributed by atoms with van der Waals surface area (Å²) in [5, 5.41) is 0. The number of nitrogens with one attached hydrogen (secondary N) is 1. The fraction of sp³-hybridized carbons (Fsp3) is 0.154. The molecule has 0 fully saturated rings. The lowest BCUT2D eigenvalue weighted by Crippen LogP contribution is -2.15. The highest BCUT2D eigenvalue weighted by Gasteiger charge is 2.11. The van der Waals surface area contributed by atoms with Gasteiger partial charge in [0.25, 0.3) is 0 Å². The number of hydrogen-bond donors (Lipinski definition) is 1. The van der Waals surface area contributed by atoms with E-state index in [9.17, 15) is 12.8 Å². The first-order valence-electron chi connectivity index (χ1n) is 5.72. The molecule has 0 unspecified atom stereocenters. The maximum absolute atomic E-state index is 12.9. The van der Waals surface area contributed by atoms with Gasteiger partial charge >= 0.3 is 0 Å². The largest absolute Gasteiger partial charge is 0.283 e. The monoisotopic (exact) mass is 280 g/mol. The van der Waals surface area contributed by atoms with Crippen LogP contribution in [0, 0.1) is 5.82 Å². The first kappa shape index (κ1) is 13.5. The van der Waals surface area contributed by atoms with Crippen LogP contribution in [0.15, 0.2) is 42.7 Å². The molecule has 0 saturated carbocycles. The molecule has 0 spiro atoms. The van der Waals surface area contributed by atoms with Gasteiger partial charge in [-0.05, 0) is 30.7 Å². The van der Waals surface area contributed by atoms with E-state index < -0.39 is 10.0 Å². The Hall–Kier alpha value is -1.95. The molecule has 0 saturated heterocycles. The molecule has 0 atom stereocenters. The maximum atomic E-state index is 12.9. The lowest BCUT2D eigenvalue weighted by molar-refractivity contribution is 0.602. The third kappa shape index (κ3) is 3.29. The highest BCUT2D eigenvalue weighted by molar-refractivity contribution is 7.92. The molecule has 0 bridgehead atoms. The lowest BCUT2D eigenvalue weighted by Gasteiger charge is -2.11. The van der Waals surface area contributed by atoms with Gasteiger partial charge in [-0.25, -0.2) is 12.8 Å². The molecular formula is C13H13FN2O2S. The van der Waals surface area contributed by atoms with Crippen molar-refractivity contribution in [2.75, 3.05) is 10.5 Å². The maximum Gasteiger partial charge on any atom is 0.232 e. The zero-order valence-electron chi connectivity index (χ0n) is 10.3. The van der Waals surface area contributed by atoms with Crippen LogP contribution in [-0.4, -0.2) is 19.2 Å². The summed E-state index contributed by atoms with van der Waals surface area (Å²) in [6.45, 7) is 1.56. The molecule has 1 aromatic heterocycles. The van der Waals surface area contributed by atoms with E-state index in [-0.39, 0.29) is 11.6 Å². The Bertz CT molecular complexity index is 669. The Balaban J connectivity index is 2.44. The zero-order valence-corrected chi connectivity index (χ0v) is 11.1. The average Bonchev–Trinajstić information content (AvgIpc) is 2.40. The van der Waals surface area contributed by atoms with Crippen molar-refractivity contribution in [3.63, 3.8) is 0 Å². The van der Waals surface area contributed by atoms with E-state index in [0.717, 1.165) is 0 Å². The van der Waals surface area contributed by atoms with Gasteiger partial charge in [0.05, 0.1) is 11.4 Å². The van der Waals surface area contributed by atoms with Gasteiger partial charge in [0.2, 0.25) is 10.0 Å². The van der Waals surface area contributed by atoms with Crippen molar-refractivity contribution in [2.24, 2.45) is 0 Å². The van der Waals surface area contributed by atoms with Crippen molar-refractivity contribution in [2.45, 2.75) is 6.92 Å². The summed E-state index contributed by atoms with van der Waals surface area (Å²) in [5.41, 5.74) is 1.74. The summed E-state index contributed by atoms with van der Waals surface area (Å²) >= 11 is 0. The second kappa shape index (κ2) is 5.36. The zero-order chi connectivity index (χ0) is 13.9. The second-order valence-corrected chi connectivity index (χ2v) is 5.94. The van der Waals surface area contributed by atoms with E-state index in [0.29, 0.717) is 16.8 Å². The third-order valence-corrected chi connectivity index (χ3v) is 3.91. The minimum atomic E-state index is -3.36. The number of nitrogens with zero attached hydrogens (tertiary/aromatic N) is 1. The number of aromatic nitrogens is 1. The Morgan fingerprint density at radius 3 is 2.53 bits per heavy atom. The van der Waals surface area contributed by atoms with Crippen molar-refractivity contribution >= 4 is 15.7 Å². The number of pyridine rings is 1. The molecule has 6 heteroatoms. The number of rotatable bonds is 4. The van der Waals surface area contributed by atoms with Crippen molar-refractivity contribution < 1.29 is 12.8 Å². The molecule has 1 aromatic carbocycles. The molecule has 2 rings (SSSR count). The highest BCUT2D eigenvalue weighted by atomic mass is 32.2. The molecule has 2 aromatic rings. The third-order valence-electron chi connectivity index (χ3n) is 2.62. The second-order valence-electron chi connectivity index (χ2n) is 3.93. The number of benzene rings is 1. The Kier molecular flexibility index (Phi) is 3.80. The minimum absolute atomic E-state index is 0.0157. The fourth-order valence-electron chi connectivity index (χ4n) is 1.58. The normalized spacial score (nSPS) is 11.3. The van der Waals surface area contributed by atoms with Crippen LogP contribution in [0.3, 0.4) is 0 Å². The molecule has 0 amide bonds. The summed E-state index contributed by atoms with van der Waals surface area (Å²) in [6, 6.07) is 7.37. The fourth-order valence-corrected chi connectivity index (χ4v) is 2.24. The predicted octanol–water partition coefficient (Wildman–Crippen LogP) is 2.65. The van der Waals surface area contributed by atoms with E-state index in [2.05, 4.69) is 9.71 Å². The van der Waals surface area contributed by atoms with Crippen molar-refractivity contribution in [1.29, 1.82) is 0 Å². The van der Waals surface area contributed by atoms with Crippen LogP contribution in [0.4, 0.5) is 10.1 Å². The van der Waals surface area contributed by atoms with Crippen LogP contribution in [-0.2, 0) is 10.0 Å². The van der Waals surface area contributed by atoms with Crippen LogP contribution in [0.25, 0.3) is 11.1 Å². The van der Waals surface area contributed by atoms with Crippen molar-refractivity contribution in [1.82, 2.24) is 4.98 Å². The van der Waals surface area contributed by atoms with Gasteiger partial charge in [-0.1, -0.05) is 12.1 Å². The van der Waals surface area contributed by atoms with Crippen LogP contribution in [0.5, 0.6) is 0 Å². The first-order valence-corrected chi connectivity index (χ1v) is 7.37. The SMILES string of the molecule is CCS(=O)(=O)Nc1ccncc1-c1ccc(F)cc1. The lowest BCUT2D eigenvalue weighted by atomic mass is 10.1. The smallest absolute Gasteiger partial charge is 0.232 e. The molecule has 100 valence electrons. The van der Waals surface area contributed by atoms with E-state index >= 15 is 0 Å². The van der Waals surface area contributed by atoms with E-state index in [4.69, 9.17) is 0 Å². The van der Waals surface area contributed by atoms with E-state index in [1.165, 1.54) is 18.3 Å². The van der Waals surface area contributed by atoms with Gasteiger partial charge in [0, 0.05) is 18.0 Å². The minimum Gasteiger partial charge on any atom is -0.283 e. The molecule has 0 radical (unpaired) electrons. The van der Waals surface area contributed by atoms with Gasteiger partial charge in [-0.15, -0.1) is 0 Å². The standard InChI is InChI=1S/C13H13FN2O2S/c1-2-19(17,18)16-13-7-8-15-9-12(13)10-3-5-11(14)6-4-10/h3-9H,2H2,1H3,(H,15,16). The Labute approximate surface area is 111 Å². The average molecular weight is 280 g/mol. The Morgan fingerprint density at radius 2 is 1.89 bits per heavy atom. The molecule has 4 nitrogen and oxygen atoms in total. The van der Waals surface area contributed by atoms with Gasteiger partial charge in [0.1, 0.15) is 5.82 Å². The molecule has 0 aliphatic heterocycles. The quantitative estimate of drug-likeness (QED) is 0.936. The summed E-state index contributed by atoms with van der Waals surface area (Å²) in [6.07, 6.45) is 3.04. The molecule has 0 aliphatic rings. The highest BCUT2D eigenvalue weighted by Crippen LogP contribution is 2.27. The van der Waals surface area contributed by atoms with Gasteiger partial charge in [-0.3, -0.25) is 9.71 Å². The Morgan fingerprint density at radius 1 is 1.21 bits per heavy atom. The summed E-state index contributed by atoms with van der Waals surface area (Å²) < 4.78 is 38.6. The first-order chi connectivity index (χ1) is 9.02. The number of halogens is 1.